The minimum atomic E-state index is -0.838. The molecule has 5 heteroatoms. The Morgan fingerprint density at radius 3 is 2.45 bits per heavy atom. The van der Waals surface area contributed by atoms with Gasteiger partial charge in [-0.15, -0.1) is 0 Å². The maximum atomic E-state index is 12.8. The fourth-order valence-corrected chi connectivity index (χ4v) is 3.24. The summed E-state index contributed by atoms with van der Waals surface area (Å²) in [5.74, 6) is 0.00662. The summed E-state index contributed by atoms with van der Waals surface area (Å²) in [5, 5.41) is 2.84. The van der Waals surface area contributed by atoms with E-state index in [2.05, 4.69) is 5.32 Å². The van der Waals surface area contributed by atoms with Crippen LogP contribution in [0.3, 0.4) is 0 Å². The van der Waals surface area contributed by atoms with Gasteiger partial charge < -0.3 is 15.0 Å². The maximum absolute atomic E-state index is 12.8. The summed E-state index contributed by atoms with van der Waals surface area (Å²) in [7, 11) is 0. The molecule has 0 aromatic rings. The Morgan fingerprint density at radius 1 is 1.30 bits per heavy atom. The SMILES string of the molecule is CC(C)C1C(=O)NC(C)(C)C(=O)N1C(C)C1CCCO1. The first-order valence-electron chi connectivity index (χ1n) is 7.52. The molecule has 2 heterocycles. The number of carbonyl (C=O) groups excluding carboxylic acids is 2. The molecule has 114 valence electrons. The molecular formula is C15H26N2O3. The molecule has 0 aromatic heterocycles. The van der Waals surface area contributed by atoms with Gasteiger partial charge in [0.05, 0.1) is 12.1 Å². The second-order valence-corrected chi connectivity index (χ2v) is 6.81. The molecule has 0 aromatic carbocycles. The van der Waals surface area contributed by atoms with Gasteiger partial charge in [-0.2, -0.15) is 0 Å². The molecule has 0 bridgehead atoms. The zero-order valence-electron chi connectivity index (χ0n) is 13.1. The van der Waals surface area contributed by atoms with Crippen molar-refractivity contribution in [1.29, 1.82) is 0 Å². The van der Waals surface area contributed by atoms with E-state index >= 15 is 0 Å². The normalized spacial score (nSPS) is 31.6. The van der Waals surface area contributed by atoms with E-state index in [4.69, 9.17) is 4.74 Å². The predicted molar refractivity (Wildman–Crippen MR) is 76.1 cm³/mol. The van der Waals surface area contributed by atoms with E-state index in [9.17, 15) is 9.59 Å². The van der Waals surface area contributed by atoms with Crippen molar-refractivity contribution in [2.24, 2.45) is 5.92 Å². The van der Waals surface area contributed by atoms with Gasteiger partial charge in [0.2, 0.25) is 11.8 Å². The Labute approximate surface area is 121 Å². The molecule has 2 rings (SSSR count). The van der Waals surface area contributed by atoms with E-state index in [0.717, 1.165) is 19.4 Å². The minimum absolute atomic E-state index is 0.0150. The van der Waals surface area contributed by atoms with Crippen molar-refractivity contribution >= 4 is 11.8 Å². The number of carbonyl (C=O) groups is 2. The van der Waals surface area contributed by atoms with Gasteiger partial charge >= 0.3 is 0 Å². The summed E-state index contributed by atoms with van der Waals surface area (Å²) in [6.45, 7) is 10.2. The largest absolute Gasteiger partial charge is 0.376 e. The lowest BCUT2D eigenvalue weighted by Gasteiger charge is -2.48. The summed E-state index contributed by atoms with van der Waals surface area (Å²) in [6.07, 6.45) is 2.03. The molecule has 2 aliphatic rings. The van der Waals surface area contributed by atoms with Gasteiger partial charge in [0.15, 0.2) is 0 Å². The Hall–Kier alpha value is -1.10. The topological polar surface area (TPSA) is 58.6 Å². The number of ether oxygens (including phenoxy) is 1. The Morgan fingerprint density at radius 2 is 1.95 bits per heavy atom. The van der Waals surface area contributed by atoms with Crippen LogP contribution >= 0.6 is 0 Å². The zero-order valence-corrected chi connectivity index (χ0v) is 13.1. The van der Waals surface area contributed by atoms with Gasteiger partial charge in [0.1, 0.15) is 11.6 Å². The van der Waals surface area contributed by atoms with Crippen molar-refractivity contribution in [3.05, 3.63) is 0 Å². The average Bonchev–Trinajstić information content (AvgIpc) is 2.85. The van der Waals surface area contributed by atoms with Crippen molar-refractivity contribution in [3.8, 4) is 0 Å². The number of hydrogen-bond donors (Lipinski definition) is 1. The van der Waals surface area contributed by atoms with Crippen LogP contribution in [0.25, 0.3) is 0 Å². The van der Waals surface area contributed by atoms with Gasteiger partial charge in [-0.05, 0) is 39.5 Å². The smallest absolute Gasteiger partial charge is 0.248 e. The minimum Gasteiger partial charge on any atom is -0.376 e. The van der Waals surface area contributed by atoms with Gasteiger partial charge in [-0.3, -0.25) is 9.59 Å². The van der Waals surface area contributed by atoms with E-state index in [0.29, 0.717) is 0 Å². The van der Waals surface area contributed by atoms with E-state index in [1.54, 1.807) is 18.7 Å². The Kier molecular flexibility index (Phi) is 4.09. The van der Waals surface area contributed by atoms with Crippen LogP contribution in [0.1, 0.15) is 47.5 Å². The highest BCUT2D eigenvalue weighted by Crippen LogP contribution is 2.29. The molecule has 5 nitrogen and oxygen atoms in total. The third kappa shape index (κ3) is 2.55. The molecule has 3 unspecified atom stereocenters. The second kappa shape index (κ2) is 5.35. The van der Waals surface area contributed by atoms with Gasteiger partial charge in [-0.25, -0.2) is 0 Å². The van der Waals surface area contributed by atoms with Crippen molar-refractivity contribution in [3.63, 3.8) is 0 Å². The summed E-state index contributed by atoms with van der Waals surface area (Å²) < 4.78 is 5.72. The molecule has 3 atom stereocenters. The third-order valence-electron chi connectivity index (χ3n) is 4.35. The van der Waals surface area contributed by atoms with Crippen LogP contribution in [0.15, 0.2) is 0 Å². The Balaban J connectivity index is 2.31. The molecule has 20 heavy (non-hydrogen) atoms. The van der Waals surface area contributed by atoms with E-state index in [1.807, 2.05) is 20.8 Å². The summed E-state index contributed by atoms with van der Waals surface area (Å²) in [5.41, 5.74) is -0.838. The molecule has 2 fully saturated rings. The van der Waals surface area contributed by atoms with Crippen LogP contribution in [-0.2, 0) is 14.3 Å². The zero-order chi connectivity index (χ0) is 15.1. The third-order valence-corrected chi connectivity index (χ3v) is 4.35. The predicted octanol–water partition coefficient (Wildman–Crippen LogP) is 1.32. The van der Waals surface area contributed by atoms with Crippen LogP contribution in [-0.4, -0.2) is 47.0 Å². The lowest BCUT2D eigenvalue weighted by molar-refractivity contribution is -0.161. The molecule has 0 radical (unpaired) electrons. The standard InChI is InChI=1S/C15H26N2O3/c1-9(2)12-13(18)16-15(4,5)14(19)17(12)10(3)11-7-6-8-20-11/h9-12H,6-8H2,1-5H3,(H,16,18). The summed E-state index contributed by atoms with van der Waals surface area (Å²) in [6, 6.07) is -0.475. The summed E-state index contributed by atoms with van der Waals surface area (Å²) in [4.78, 5) is 26.9. The molecule has 0 aliphatic carbocycles. The number of nitrogens with one attached hydrogen (secondary N) is 1. The lowest BCUT2D eigenvalue weighted by atomic mass is 9.89. The molecule has 2 amide bonds. The van der Waals surface area contributed by atoms with Crippen molar-refractivity contribution < 1.29 is 14.3 Å². The van der Waals surface area contributed by atoms with Crippen LogP contribution in [0.5, 0.6) is 0 Å². The Bertz CT molecular complexity index is 400. The molecule has 2 saturated heterocycles. The second-order valence-electron chi connectivity index (χ2n) is 6.81. The van der Waals surface area contributed by atoms with Crippen LogP contribution < -0.4 is 5.32 Å². The fourth-order valence-electron chi connectivity index (χ4n) is 3.24. The molecule has 1 N–H and O–H groups in total. The average molecular weight is 282 g/mol. The maximum Gasteiger partial charge on any atom is 0.248 e. The monoisotopic (exact) mass is 282 g/mol. The van der Waals surface area contributed by atoms with Gasteiger partial charge in [0, 0.05) is 6.61 Å². The van der Waals surface area contributed by atoms with Gasteiger partial charge in [-0.1, -0.05) is 13.8 Å². The molecule has 0 spiro atoms. The van der Waals surface area contributed by atoms with Crippen molar-refractivity contribution in [2.45, 2.75) is 71.2 Å². The van der Waals surface area contributed by atoms with E-state index < -0.39 is 11.6 Å². The first-order chi connectivity index (χ1) is 9.25. The number of hydrogen-bond acceptors (Lipinski definition) is 3. The number of rotatable bonds is 3. The van der Waals surface area contributed by atoms with E-state index in [1.165, 1.54) is 0 Å². The number of nitrogens with zero attached hydrogens (tertiary/aromatic N) is 1. The van der Waals surface area contributed by atoms with Crippen molar-refractivity contribution in [1.82, 2.24) is 10.2 Å². The van der Waals surface area contributed by atoms with Crippen LogP contribution in [0, 0.1) is 5.92 Å². The fraction of sp³-hybridized carbons (Fsp3) is 0.867. The molecular weight excluding hydrogens is 256 g/mol. The lowest BCUT2D eigenvalue weighted by Crippen LogP contribution is -2.71. The molecule has 2 aliphatic heterocycles. The number of amides is 2. The van der Waals surface area contributed by atoms with Crippen LogP contribution in [0.4, 0.5) is 0 Å². The first kappa shape index (κ1) is 15.3. The highest BCUT2D eigenvalue weighted by atomic mass is 16.5. The highest BCUT2D eigenvalue weighted by Gasteiger charge is 2.49. The van der Waals surface area contributed by atoms with E-state index in [-0.39, 0.29) is 29.9 Å². The van der Waals surface area contributed by atoms with Crippen LogP contribution in [0.2, 0.25) is 0 Å². The highest BCUT2D eigenvalue weighted by molar-refractivity contribution is 5.99. The number of piperazine rings is 1. The van der Waals surface area contributed by atoms with Crippen molar-refractivity contribution in [2.75, 3.05) is 6.61 Å². The molecule has 0 saturated carbocycles. The quantitative estimate of drug-likeness (QED) is 0.849. The first-order valence-corrected chi connectivity index (χ1v) is 7.52. The summed E-state index contributed by atoms with van der Waals surface area (Å²) >= 11 is 0. The van der Waals surface area contributed by atoms with Gasteiger partial charge in [0.25, 0.3) is 0 Å².